The van der Waals surface area contributed by atoms with Gasteiger partial charge in [0, 0.05) is 13.1 Å². The summed E-state index contributed by atoms with van der Waals surface area (Å²) < 4.78 is 5.66. The molecule has 1 aliphatic heterocycles. The predicted octanol–water partition coefficient (Wildman–Crippen LogP) is 2.43. The van der Waals surface area contributed by atoms with Crippen LogP contribution in [0.4, 0.5) is 4.79 Å². The van der Waals surface area contributed by atoms with Crippen LogP contribution in [0.3, 0.4) is 0 Å². The Morgan fingerprint density at radius 1 is 1.25 bits per heavy atom. The number of benzene rings is 1. The normalized spacial score (nSPS) is 20.5. The first-order valence-electron chi connectivity index (χ1n) is 8.32. The van der Waals surface area contributed by atoms with Crippen LogP contribution < -0.4 is 10.1 Å². The molecule has 1 aromatic carbocycles. The number of rotatable bonds is 5. The number of carbonyl (C=O) groups is 2. The number of hydrogen-bond acceptors (Lipinski definition) is 3. The quantitative estimate of drug-likeness (QED) is 0.811. The Balaban J connectivity index is 1.77. The molecule has 2 unspecified atom stereocenters. The summed E-state index contributed by atoms with van der Waals surface area (Å²) in [5.74, 6) is -0.333. The van der Waals surface area contributed by atoms with Crippen LogP contribution in [0.2, 0.25) is 0 Å². The van der Waals surface area contributed by atoms with Gasteiger partial charge in [0.1, 0.15) is 12.4 Å². The number of nitrogens with zero attached hydrogens (tertiary/aromatic N) is 1. The van der Waals surface area contributed by atoms with Crippen LogP contribution in [0, 0.1) is 25.7 Å². The Hall–Kier alpha value is -2.24. The molecule has 0 spiro atoms. The minimum Gasteiger partial charge on any atom is -0.492 e. The SMILES string of the molecule is Cc1cc(C)cc(OCCNC(=O)N2CC(C)CC(C(=O)O)C2)c1. The number of aliphatic carboxylic acids is 1. The van der Waals surface area contributed by atoms with E-state index in [0.29, 0.717) is 26.1 Å². The summed E-state index contributed by atoms with van der Waals surface area (Å²) in [6.45, 7) is 7.61. The minimum atomic E-state index is -0.836. The molecule has 0 saturated carbocycles. The maximum atomic E-state index is 12.2. The summed E-state index contributed by atoms with van der Waals surface area (Å²) in [4.78, 5) is 24.9. The van der Waals surface area contributed by atoms with Gasteiger partial charge < -0.3 is 20.1 Å². The van der Waals surface area contributed by atoms with Crippen molar-refractivity contribution in [2.75, 3.05) is 26.2 Å². The van der Waals surface area contributed by atoms with Crippen molar-refractivity contribution in [3.05, 3.63) is 29.3 Å². The number of aryl methyl sites for hydroxylation is 2. The molecule has 6 nitrogen and oxygen atoms in total. The highest BCUT2D eigenvalue weighted by atomic mass is 16.5. The van der Waals surface area contributed by atoms with Crippen molar-refractivity contribution in [3.63, 3.8) is 0 Å². The summed E-state index contributed by atoms with van der Waals surface area (Å²) in [6.07, 6.45) is 0.620. The van der Waals surface area contributed by atoms with Crippen molar-refractivity contribution in [1.29, 1.82) is 0 Å². The van der Waals surface area contributed by atoms with Crippen molar-refractivity contribution in [2.45, 2.75) is 27.2 Å². The molecule has 2 N–H and O–H groups in total. The molecule has 1 heterocycles. The van der Waals surface area contributed by atoms with E-state index in [1.54, 1.807) is 4.90 Å². The zero-order chi connectivity index (χ0) is 17.7. The Morgan fingerprint density at radius 2 is 1.92 bits per heavy atom. The molecule has 1 aromatic rings. The van der Waals surface area contributed by atoms with Gasteiger partial charge >= 0.3 is 12.0 Å². The number of ether oxygens (including phenoxy) is 1. The molecule has 132 valence electrons. The van der Waals surface area contributed by atoms with Crippen LogP contribution >= 0.6 is 0 Å². The van der Waals surface area contributed by atoms with Gasteiger partial charge in [-0.2, -0.15) is 0 Å². The van der Waals surface area contributed by atoms with Gasteiger partial charge in [0.05, 0.1) is 12.5 Å². The van der Waals surface area contributed by atoms with Crippen molar-refractivity contribution >= 4 is 12.0 Å². The lowest BCUT2D eigenvalue weighted by atomic mass is 9.91. The van der Waals surface area contributed by atoms with Crippen LogP contribution in [0.25, 0.3) is 0 Å². The number of carboxylic acids is 1. The Morgan fingerprint density at radius 3 is 2.54 bits per heavy atom. The molecular formula is C18H26N2O4. The number of piperidine rings is 1. The van der Waals surface area contributed by atoms with E-state index in [9.17, 15) is 9.59 Å². The Kier molecular flexibility index (Phi) is 6.06. The Labute approximate surface area is 142 Å². The molecule has 0 aliphatic carbocycles. The molecule has 0 radical (unpaired) electrons. The summed E-state index contributed by atoms with van der Waals surface area (Å²) in [5.41, 5.74) is 2.27. The van der Waals surface area contributed by atoms with Crippen molar-refractivity contribution in [1.82, 2.24) is 10.2 Å². The van der Waals surface area contributed by atoms with Crippen molar-refractivity contribution in [3.8, 4) is 5.75 Å². The zero-order valence-electron chi connectivity index (χ0n) is 14.5. The fourth-order valence-electron chi connectivity index (χ4n) is 3.15. The average molecular weight is 334 g/mol. The molecule has 1 aliphatic rings. The average Bonchev–Trinajstić information content (AvgIpc) is 2.49. The van der Waals surface area contributed by atoms with Gasteiger partial charge in [-0.1, -0.05) is 13.0 Å². The van der Waals surface area contributed by atoms with Gasteiger partial charge in [-0.15, -0.1) is 0 Å². The minimum absolute atomic E-state index is 0.192. The van der Waals surface area contributed by atoms with Gasteiger partial charge in [-0.05, 0) is 49.4 Å². The maximum Gasteiger partial charge on any atom is 0.317 e. The highest BCUT2D eigenvalue weighted by Crippen LogP contribution is 2.21. The summed E-state index contributed by atoms with van der Waals surface area (Å²) in [7, 11) is 0. The topological polar surface area (TPSA) is 78.9 Å². The first kappa shape index (κ1) is 18.1. The summed E-state index contributed by atoms with van der Waals surface area (Å²) >= 11 is 0. The number of hydrogen-bond donors (Lipinski definition) is 2. The largest absolute Gasteiger partial charge is 0.492 e. The van der Waals surface area contributed by atoms with Gasteiger partial charge in [0.25, 0.3) is 0 Å². The van der Waals surface area contributed by atoms with E-state index in [2.05, 4.69) is 11.4 Å². The van der Waals surface area contributed by atoms with Crippen LogP contribution in [0.15, 0.2) is 18.2 Å². The molecule has 2 atom stereocenters. The van der Waals surface area contributed by atoms with E-state index >= 15 is 0 Å². The van der Waals surface area contributed by atoms with E-state index in [4.69, 9.17) is 9.84 Å². The second-order valence-corrected chi connectivity index (χ2v) is 6.68. The van der Waals surface area contributed by atoms with Gasteiger partial charge in [-0.3, -0.25) is 4.79 Å². The zero-order valence-corrected chi connectivity index (χ0v) is 14.5. The van der Waals surface area contributed by atoms with E-state index in [-0.39, 0.29) is 18.5 Å². The van der Waals surface area contributed by atoms with E-state index < -0.39 is 11.9 Å². The molecule has 24 heavy (non-hydrogen) atoms. The lowest BCUT2D eigenvalue weighted by molar-refractivity contribution is -0.143. The van der Waals surface area contributed by atoms with Gasteiger partial charge in [0.15, 0.2) is 0 Å². The molecule has 1 saturated heterocycles. The maximum absolute atomic E-state index is 12.2. The third-order valence-corrected chi connectivity index (χ3v) is 4.14. The monoisotopic (exact) mass is 334 g/mol. The Bertz CT molecular complexity index is 582. The number of nitrogens with one attached hydrogen (secondary N) is 1. The third kappa shape index (κ3) is 5.15. The number of likely N-dealkylation sites (tertiary alicyclic amines) is 1. The molecule has 0 bridgehead atoms. The van der Waals surface area contributed by atoms with Crippen molar-refractivity contribution in [2.24, 2.45) is 11.8 Å². The van der Waals surface area contributed by atoms with E-state index in [1.165, 1.54) is 0 Å². The molecule has 0 aromatic heterocycles. The van der Waals surface area contributed by atoms with Gasteiger partial charge in [0.2, 0.25) is 0 Å². The summed E-state index contributed by atoms with van der Waals surface area (Å²) in [6, 6.07) is 5.76. The number of carbonyl (C=O) groups excluding carboxylic acids is 1. The van der Waals surface area contributed by atoms with Gasteiger partial charge in [-0.25, -0.2) is 4.79 Å². The van der Waals surface area contributed by atoms with Crippen molar-refractivity contribution < 1.29 is 19.4 Å². The van der Waals surface area contributed by atoms with Crippen LogP contribution in [-0.2, 0) is 4.79 Å². The highest BCUT2D eigenvalue weighted by Gasteiger charge is 2.31. The second-order valence-electron chi connectivity index (χ2n) is 6.68. The smallest absolute Gasteiger partial charge is 0.317 e. The number of urea groups is 1. The standard InChI is InChI=1S/C18H26N2O4/c1-12-6-13(2)9-16(8-12)24-5-4-19-18(23)20-10-14(3)7-15(11-20)17(21)22/h6,8-9,14-15H,4-5,7,10-11H2,1-3H3,(H,19,23)(H,21,22). The van der Waals surface area contributed by atoms with E-state index in [1.807, 2.05) is 32.9 Å². The van der Waals surface area contributed by atoms with Crippen LogP contribution in [0.5, 0.6) is 5.75 Å². The molecular weight excluding hydrogens is 308 g/mol. The first-order valence-corrected chi connectivity index (χ1v) is 8.32. The highest BCUT2D eigenvalue weighted by molar-refractivity contribution is 5.76. The fraction of sp³-hybridized carbons (Fsp3) is 0.556. The molecule has 2 rings (SSSR count). The molecule has 2 amide bonds. The summed E-state index contributed by atoms with van der Waals surface area (Å²) in [5, 5.41) is 12.0. The second kappa shape index (κ2) is 8.04. The molecule has 6 heteroatoms. The molecule has 1 fully saturated rings. The fourth-order valence-corrected chi connectivity index (χ4v) is 3.15. The third-order valence-electron chi connectivity index (χ3n) is 4.14. The van der Waals surface area contributed by atoms with Crippen LogP contribution in [0.1, 0.15) is 24.5 Å². The number of amides is 2. The first-order chi connectivity index (χ1) is 11.3. The van der Waals surface area contributed by atoms with E-state index in [0.717, 1.165) is 16.9 Å². The lowest BCUT2D eigenvalue weighted by Gasteiger charge is -2.34. The van der Waals surface area contributed by atoms with Crippen LogP contribution in [-0.4, -0.2) is 48.2 Å². The lowest BCUT2D eigenvalue weighted by Crippen LogP contribution is -2.50. The number of carboxylic acid groups (broad SMARTS) is 1. The predicted molar refractivity (Wildman–Crippen MR) is 91.3 cm³/mol.